The highest BCUT2D eigenvalue weighted by Gasteiger charge is 2.40. The Hall–Kier alpha value is -1.46. The van der Waals surface area contributed by atoms with Crippen molar-refractivity contribution in [3.05, 3.63) is 23.9 Å². The lowest BCUT2D eigenvalue weighted by molar-refractivity contribution is 0.0958. The molecule has 4 rings (SSSR count). The van der Waals surface area contributed by atoms with Gasteiger partial charge in [0.25, 0.3) is 0 Å². The highest BCUT2D eigenvalue weighted by molar-refractivity contribution is 5.96. The van der Waals surface area contributed by atoms with E-state index in [1.165, 1.54) is 32.1 Å². The predicted molar refractivity (Wildman–Crippen MR) is 100.0 cm³/mol. The molecule has 2 bridgehead atoms. The van der Waals surface area contributed by atoms with Crippen molar-refractivity contribution in [2.75, 3.05) is 24.5 Å². The molecule has 2 N–H and O–H groups in total. The van der Waals surface area contributed by atoms with Gasteiger partial charge >= 0.3 is 0 Å². The van der Waals surface area contributed by atoms with Crippen LogP contribution in [0.5, 0.6) is 0 Å². The van der Waals surface area contributed by atoms with E-state index < -0.39 is 0 Å². The van der Waals surface area contributed by atoms with Crippen LogP contribution in [0.25, 0.3) is 0 Å². The van der Waals surface area contributed by atoms with Crippen LogP contribution >= 0.6 is 0 Å². The number of fused-ring (bicyclic) bond motifs is 2. The van der Waals surface area contributed by atoms with Crippen LogP contribution in [0.3, 0.4) is 0 Å². The molecular formula is C20H30N4O. The summed E-state index contributed by atoms with van der Waals surface area (Å²) in [5.41, 5.74) is 6.91. The number of carbonyl (C=O) groups excluding carboxylic acids is 1. The van der Waals surface area contributed by atoms with E-state index in [1.807, 2.05) is 12.1 Å². The molecule has 1 aromatic rings. The average molecular weight is 342 g/mol. The number of hydrogen-bond acceptors (Lipinski definition) is 5. The summed E-state index contributed by atoms with van der Waals surface area (Å²) in [5.74, 6) is 1.24. The number of nitrogens with two attached hydrogens (primary N) is 1. The zero-order chi connectivity index (χ0) is 17.2. The summed E-state index contributed by atoms with van der Waals surface area (Å²) in [6.07, 6.45) is 10.8. The third kappa shape index (κ3) is 3.72. The standard InChI is InChI=1S/C20H30N4O/c21-16-12-17-5-6-18(13-16)24(17)20-7-4-15(14-22-20)19(25)8-11-23-9-2-1-3-10-23/h4,7,14,16-18H,1-3,5-6,8-13,21H2/t16?,17-,18+. The van der Waals surface area contributed by atoms with Crippen LogP contribution in [-0.2, 0) is 0 Å². The van der Waals surface area contributed by atoms with E-state index in [0.717, 1.165) is 43.9 Å². The first-order chi connectivity index (χ1) is 12.2. The monoisotopic (exact) mass is 342 g/mol. The smallest absolute Gasteiger partial charge is 0.165 e. The Morgan fingerprint density at radius 2 is 1.84 bits per heavy atom. The van der Waals surface area contributed by atoms with Crippen molar-refractivity contribution in [3.63, 3.8) is 0 Å². The minimum Gasteiger partial charge on any atom is -0.351 e. The SMILES string of the molecule is NC1C[C@H]2CC[C@@H](C1)N2c1ccc(C(=O)CCN2CCCCC2)cn1. The van der Waals surface area contributed by atoms with Crippen LogP contribution in [0.15, 0.2) is 18.3 Å². The summed E-state index contributed by atoms with van der Waals surface area (Å²) in [6, 6.07) is 5.40. The molecule has 3 fully saturated rings. The summed E-state index contributed by atoms with van der Waals surface area (Å²) in [6.45, 7) is 3.17. The van der Waals surface area contributed by atoms with E-state index in [2.05, 4.69) is 14.8 Å². The number of rotatable bonds is 5. The van der Waals surface area contributed by atoms with Crippen LogP contribution in [0, 0.1) is 0 Å². The van der Waals surface area contributed by atoms with Gasteiger partial charge in [-0.25, -0.2) is 4.98 Å². The van der Waals surface area contributed by atoms with Gasteiger partial charge in [-0.15, -0.1) is 0 Å². The molecule has 0 amide bonds. The van der Waals surface area contributed by atoms with Crippen LogP contribution in [0.2, 0.25) is 0 Å². The van der Waals surface area contributed by atoms with E-state index in [9.17, 15) is 4.79 Å². The molecule has 4 heterocycles. The number of likely N-dealkylation sites (tertiary alicyclic amines) is 1. The number of nitrogens with zero attached hydrogens (tertiary/aromatic N) is 3. The fourth-order valence-corrected chi connectivity index (χ4v) is 4.88. The number of piperidine rings is 2. The lowest BCUT2D eigenvalue weighted by atomic mass is 9.98. The van der Waals surface area contributed by atoms with Gasteiger partial charge in [-0.2, -0.15) is 0 Å². The second-order valence-corrected chi connectivity index (χ2v) is 8.00. The van der Waals surface area contributed by atoms with Gasteiger partial charge in [0.1, 0.15) is 5.82 Å². The normalized spacial score (nSPS) is 29.8. The Morgan fingerprint density at radius 3 is 2.48 bits per heavy atom. The molecule has 0 radical (unpaired) electrons. The molecule has 3 aliphatic heterocycles. The molecule has 3 saturated heterocycles. The van der Waals surface area contributed by atoms with Gasteiger partial charge in [0.05, 0.1) is 0 Å². The molecule has 0 aliphatic carbocycles. The van der Waals surface area contributed by atoms with E-state index >= 15 is 0 Å². The van der Waals surface area contributed by atoms with Gasteiger partial charge < -0.3 is 15.5 Å². The predicted octanol–water partition coefficient (Wildman–Crippen LogP) is 2.60. The van der Waals surface area contributed by atoms with Crippen LogP contribution in [0.1, 0.15) is 61.7 Å². The fraction of sp³-hybridized carbons (Fsp3) is 0.700. The van der Waals surface area contributed by atoms with Crippen LogP contribution < -0.4 is 10.6 Å². The first-order valence-corrected chi connectivity index (χ1v) is 9.96. The van der Waals surface area contributed by atoms with E-state index in [4.69, 9.17) is 5.73 Å². The highest BCUT2D eigenvalue weighted by atomic mass is 16.1. The van der Waals surface area contributed by atoms with Crippen molar-refractivity contribution in [1.29, 1.82) is 0 Å². The number of hydrogen-bond donors (Lipinski definition) is 1. The zero-order valence-corrected chi connectivity index (χ0v) is 15.1. The molecule has 0 spiro atoms. The quantitative estimate of drug-likeness (QED) is 0.834. The van der Waals surface area contributed by atoms with Gasteiger partial charge in [0.2, 0.25) is 0 Å². The summed E-state index contributed by atoms with van der Waals surface area (Å²) >= 11 is 0. The number of Topliss-reactive ketones (excluding diaryl/α,β-unsaturated/α-hetero) is 1. The molecule has 0 aromatic carbocycles. The second kappa shape index (κ2) is 7.42. The van der Waals surface area contributed by atoms with Gasteiger partial charge in [-0.1, -0.05) is 6.42 Å². The highest BCUT2D eigenvalue weighted by Crippen LogP contribution is 2.37. The Balaban J connectivity index is 1.36. The summed E-state index contributed by atoms with van der Waals surface area (Å²) in [4.78, 5) is 22.0. The molecule has 5 nitrogen and oxygen atoms in total. The molecular weight excluding hydrogens is 312 g/mol. The van der Waals surface area contributed by atoms with Gasteiger partial charge in [-0.3, -0.25) is 4.79 Å². The third-order valence-electron chi connectivity index (χ3n) is 6.21. The third-order valence-corrected chi connectivity index (χ3v) is 6.21. The molecule has 0 saturated carbocycles. The summed E-state index contributed by atoms with van der Waals surface area (Å²) < 4.78 is 0. The largest absolute Gasteiger partial charge is 0.351 e. The molecule has 1 aromatic heterocycles. The number of anilines is 1. The molecule has 25 heavy (non-hydrogen) atoms. The Morgan fingerprint density at radius 1 is 1.12 bits per heavy atom. The molecule has 5 heteroatoms. The molecule has 3 aliphatic rings. The van der Waals surface area contributed by atoms with Crippen molar-refractivity contribution < 1.29 is 4.79 Å². The van der Waals surface area contributed by atoms with Gasteiger partial charge in [-0.05, 0) is 63.7 Å². The maximum absolute atomic E-state index is 12.5. The number of carbonyl (C=O) groups is 1. The summed E-state index contributed by atoms with van der Waals surface area (Å²) in [7, 11) is 0. The lowest BCUT2D eigenvalue weighted by Crippen LogP contribution is -2.47. The zero-order valence-electron chi connectivity index (χ0n) is 15.1. The van der Waals surface area contributed by atoms with Gasteiger partial charge in [0.15, 0.2) is 5.78 Å². The first kappa shape index (κ1) is 17.0. The Bertz CT molecular complexity index is 582. The van der Waals surface area contributed by atoms with Crippen molar-refractivity contribution in [2.45, 2.75) is 69.5 Å². The number of pyridine rings is 1. The van der Waals surface area contributed by atoms with Gasteiger partial charge in [0, 0.05) is 42.9 Å². The van der Waals surface area contributed by atoms with Crippen molar-refractivity contribution in [3.8, 4) is 0 Å². The van der Waals surface area contributed by atoms with E-state index in [-0.39, 0.29) is 5.78 Å². The lowest BCUT2D eigenvalue weighted by Gasteiger charge is -2.38. The topological polar surface area (TPSA) is 62.5 Å². The summed E-state index contributed by atoms with van der Waals surface area (Å²) in [5, 5.41) is 0. The first-order valence-electron chi connectivity index (χ1n) is 9.96. The van der Waals surface area contributed by atoms with Crippen LogP contribution in [-0.4, -0.2) is 53.4 Å². The Kier molecular flexibility index (Phi) is 5.04. The van der Waals surface area contributed by atoms with E-state index in [0.29, 0.717) is 24.5 Å². The molecule has 1 unspecified atom stereocenters. The second-order valence-electron chi connectivity index (χ2n) is 8.00. The molecule has 136 valence electrons. The Labute approximate surface area is 150 Å². The number of aromatic nitrogens is 1. The van der Waals surface area contributed by atoms with Crippen LogP contribution in [0.4, 0.5) is 5.82 Å². The minimum absolute atomic E-state index is 0.216. The maximum atomic E-state index is 12.5. The number of ketones is 1. The minimum atomic E-state index is 0.216. The fourth-order valence-electron chi connectivity index (χ4n) is 4.88. The maximum Gasteiger partial charge on any atom is 0.165 e. The molecule has 3 atom stereocenters. The van der Waals surface area contributed by atoms with Crippen molar-refractivity contribution in [2.24, 2.45) is 5.73 Å². The van der Waals surface area contributed by atoms with Crippen molar-refractivity contribution in [1.82, 2.24) is 9.88 Å². The average Bonchev–Trinajstić information content (AvgIpc) is 2.92. The van der Waals surface area contributed by atoms with Crippen molar-refractivity contribution >= 4 is 11.6 Å². The van der Waals surface area contributed by atoms with E-state index in [1.54, 1.807) is 6.20 Å².